The summed E-state index contributed by atoms with van der Waals surface area (Å²) in [5.74, 6) is -0.0224. The van der Waals surface area contributed by atoms with Gasteiger partial charge in [-0.1, -0.05) is 12.1 Å². The summed E-state index contributed by atoms with van der Waals surface area (Å²) in [4.78, 5) is 1.73. The van der Waals surface area contributed by atoms with Crippen molar-refractivity contribution in [1.29, 1.82) is 5.26 Å². The summed E-state index contributed by atoms with van der Waals surface area (Å²) in [6.45, 7) is 6.33. The first-order valence-corrected chi connectivity index (χ1v) is 9.06. The van der Waals surface area contributed by atoms with Gasteiger partial charge in [0, 0.05) is 13.1 Å². The molecule has 1 aromatic carbocycles. The molecule has 1 atom stereocenters. The van der Waals surface area contributed by atoms with Gasteiger partial charge < -0.3 is 9.64 Å². The minimum Gasteiger partial charge on any atom is -0.497 e. The van der Waals surface area contributed by atoms with Crippen LogP contribution in [0, 0.1) is 11.3 Å². The number of hydrogen-bond acceptors (Lipinski definition) is 5. The lowest BCUT2D eigenvalue weighted by molar-refractivity contribution is 0.338. The van der Waals surface area contributed by atoms with Crippen molar-refractivity contribution in [2.75, 3.05) is 26.8 Å². The van der Waals surface area contributed by atoms with Crippen LogP contribution >= 0.6 is 0 Å². The summed E-state index contributed by atoms with van der Waals surface area (Å²) in [6, 6.07) is 9.02. The van der Waals surface area contributed by atoms with Crippen LogP contribution in [0.15, 0.2) is 28.7 Å². The summed E-state index contributed by atoms with van der Waals surface area (Å²) in [5.41, 5.74) is 0.635. The molecule has 0 aromatic heterocycles. The third kappa shape index (κ3) is 5.22. The van der Waals surface area contributed by atoms with Crippen molar-refractivity contribution in [2.24, 2.45) is 4.40 Å². The van der Waals surface area contributed by atoms with Crippen LogP contribution in [0.5, 0.6) is 5.75 Å². The zero-order chi connectivity index (χ0) is 18.2. The molecule has 1 aromatic rings. The molecule has 1 rings (SSSR count). The van der Waals surface area contributed by atoms with Crippen molar-refractivity contribution in [3.8, 4) is 11.8 Å². The summed E-state index contributed by atoms with van der Waals surface area (Å²) < 4.78 is 37.5. The molecule has 8 heteroatoms. The molecule has 0 aliphatic rings. The lowest BCUT2D eigenvalue weighted by Crippen LogP contribution is -2.35. The molecule has 0 spiro atoms. The van der Waals surface area contributed by atoms with Crippen molar-refractivity contribution in [1.82, 2.24) is 4.90 Å². The van der Waals surface area contributed by atoms with Crippen LogP contribution in [0.1, 0.15) is 32.3 Å². The maximum atomic E-state index is 12.0. The zero-order valence-corrected chi connectivity index (χ0v) is 15.2. The first-order chi connectivity index (χ1) is 11.4. The molecule has 24 heavy (non-hydrogen) atoms. The van der Waals surface area contributed by atoms with E-state index in [0.717, 1.165) is 0 Å². The first kappa shape index (κ1) is 19.9. The van der Waals surface area contributed by atoms with Crippen LogP contribution in [0.4, 0.5) is 0 Å². The van der Waals surface area contributed by atoms with Gasteiger partial charge in [-0.15, -0.1) is 4.40 Å². The number of hydrogen-bond donors (Lipinski definition) is 0. The highest BCUT2D eigenvalue weighted by molar-refractivity contribution is 7.85. The van der Waals surface area contributed by atoms with Crippen LogP contribution in [0.3, 0.4) is 0 Å². The molecular weight excluding hydrogens is 330 g/mol. The Kier molecular flexibility index (Phi) is 7.68. The van der Waals surface area contributed by atoms with Crippen molar-refractivity contribution in [3.05, 3.63) is 29.8 Å². The molecule has 0 amide bonds. The Bertz CT molecular complexity index is 689. The Hall–Kier alpha value is -2.11. The maximum absolute atomic E-state index is 12.0. The topological polar surface area (TPSA) is 92.0 Å². The molecular formula is C16H23N3O4S. The molecule has 0 aliphatic heterocycles. The molecule has 0 fully saturated rings. The van der Waals surface area contributed by atoms with Crippen molar-refractivity contribution in [2.45, 2.75) is 26.7 Å². The number of nitriles is 1. The van der Waals surface area contributed by atoms with Gasteiger partial charge in [0.1, 0.15) is 17.5 Å². The smallest absolute Gasteiger partial charge is 0.382 e. The molecule has 1 unspecified atom stereocenters. The van der Waals surface area contributed by atoms with E-state index >= 15 is 0 Å². The van der Waals surface area contributed by atoms with Crippen molar-refractivity contribution < 1.29 is 17.3 Å². The molecule has 0 radical (unpaired) electrons. The maximum Gasteiger partial charge on any atom is 0.382 e. The predicted octanol–water partition coefficient (Wildman–Crippen LogP) is 2.32. The van der Waals surface area contributed by atoms with E-state index in [0.29, 0.717) is 24.4 Å². The van der Waals surface area contributed by atoms with E-state index in [9.17, 15) is 13.7 Å². The van der Waals surface area contributed by atoms with Gasteiger partial charge in [0.2, 0.25) is 0 Å². The van der Waals surface area contributed by atoms with E-state index in [1.165, 1.54) is 0 Å². The number of rotatable bonds is 8. The van der Waals surface area contributed by atoms with Crippen molar-refractivity contribution >= 4 is 16.1 Å². The second-order valence-corrected chi connectivity index (χ2v) is 6.07. The summed E-state index contributed by atoms with van der Waals surface area (Å²) in [5, 5.41) is 9.62. The van der Waals surface area contributed by atoms with E-state index in [4.69, 9.17) is 8.92 Å². The van der Waals surface area contributed by atoms with Crippen LogP contribution in [-0.2, 0) is 14.5 Å². The van der Waals surface area contributed by atoms with Gasteiger partial charge in [0.05, 0.1) is 19.8 Å². The molecule has 0 saturated carbocycles. The van der Waals surface area contributed by atoms with E-state index in [1.807, 2.05) is 13.8 Å². The fourth-order valence-electron chi connectivity index (χ4n) is 2.21. The van der Waals surface area contributed by atoms with Crippen molar-refractivity contribution in [3.63, 3.8) is 0 Å². The van der Waals surface area contributed by atoms with Gasteiger partial charge in [-0.05, 0) is 38.5 Å². The lowest BCUT2D eigenvalue weighted by atomic mass is 9.98. The lowest BCUT2D eigenvalue weighted by Gasteiger charge is -2.26. The molecule has 0 N–H and O–H groups in total. The number of benzene rings is 1. The standard InChI is InChI=1S/C16H23N3O4S/c1-5-19(6-2)16(18-24(20,21)23-7-3)15(12-17)13-8-10-14(22-4)11-9-13/h8-11,15H,5-7H2,1-4H3/b18-16-. The Balaban J connectivity index is 3.38. The highest BCUT2D eigenvalue weighted by atomic mass is 32.2. The highest BCUT2D eigenvalue weighted by Crippen LogP contribution is 2.23. The van der Waals surface area contributed by atoms with Crippen LogP contribution in [0.2, 0.25) is 0 Å². The first-order valence-electron chi connectivity index (χ1n) is 7.70. The molecule has 0 saturated heterocycles. The zero-order valence-electron chi connectivity index (χ0n) is 14.4. The summed E-state index contributed by atoms with van der Waals surface area (Å²) in [7, 11) is -2.55. The Morgan fingerprint density at radius 3 is 2.25 bits per heavy atom. The number of methoxy groups -OCH3 is 1. The van der Waals surface area contributed by atoms with E-state index < -0.39 is 16.2 Å². The van der Waals surface area contributed by atoms with Gasteiger partial charge in [0.25, 0.3) is 0 Å². The SMILES string of the molecule is CCOS(=O)(=O)/N=C(/C(C#N)c1ccc(OC)cc1)N(CC)CC. The molecule has 7 nitrogen and oxygen atoms in total. The average molecular weight is 353 g/mol. The second-order valence-electron chi connectivity index (χ2n) is 4.79. The van der Waals surface area contributed by atoms with Crippen LogP contribution < -0.4 is 4.74 Å². The Morgan fingerprint density at radius 1 is 1.25 bits per heavy atom. The van der Waals surface area contributed by atoms with Crippen LogP contribution in [0.25, 0.3) is 0 Å². The fraction of sp³-hybridized carbons (Fsp3) is 0.500. The fourth-order valence-corrected chi connectivity index (χ4v) is 3.01. The molecule has 132 valence electrons. The number of nitrogens with zero attached hydrogens (tertiary/aromatic N) is 3. The predicted molar refractivity (Wildman–Crippen MR) is 92.2 cm³/mol. The quantitative estimate of drug-likeness (QED) is 0.526. The third-order valence-corrected chi connectivity index (χ3v) is 4.34. The molecule has 0 bridgehead atoms. The summed E-state index contributed by atoms with van der Waals surface area (Å²) in [6.07, 6.45) is 0. The monoisotopic (exact) mass is 353 g/mol. The number of amidine groups is 1. The second kappa shape index (κ2) is 9.25. The average Bonchev–Trinajstić information content (AvgIpc) is 2.56. The summed E-state index contributed by atoms with van der Waals surface area (Å²) >= 11 is 0. The van der Waals surface area contributed by atoms with Gasteiger partial charge in [-0.2, -0.15) is 13.7 Å². The minimum atomic E-state index is -4.10. The Labute approximate surface area is 143 Å². The van der Waals surface area contributed by atoms with Crippen LogP contribution in [-0.4, -0.2) is 46.0 Å². The van der Waals surface area contributed by atoms with Gasteiger partial charge >= 0.3 is 10.3 Å². The largest absolute Gasteiger partial charge is 0.497 e. The van der Waals surface area contributed by atoms with Gasteiger partial charge in [-0.3, -0.25) is 4.18 Å². The number of likely N-dealkylation sites (N-methyl/N-ethyl adjacent to an activating group) is 1. The van der Waals surface area contributed by atoms with E-state index in [2.05, 4.69) is 10.5 Å². The molecule has 0 heterocycles. The number of ether oxygens (including phenoxy) is 1. The minimum absolute atomic E-state index is 0.0167. The van der Waals surface area contributed by atoms with Gasteiger partial charge in [0.15, 0.2) is 0 Å². The van der Waals surface area contributed by atoms with E-state index in [-0.39, 0.29) is 12.4 Å². The third-order valence-electron chi connectivity index (χ3n) is 3.40. The highest BCUT2D eigenvalue weighted by Gasteiger charge is 2.25. The normalized spacial score (nSPS) is 13.2. The van der Waals surface area contributed by atoms with E-state index in [1.54, 1.807) is 43.2 Å². The van der Waals surface area contributed by atoms with Gasteiger partial charge in [-0.25, -0.2) is 0 Å². The molecule has 0 aliphatic carbocycles. The Morgan fingerprint density at radius 2 is 1.83 bits per heavy atom.